The second kappa shape index (κ2) is 9.80. The minimum absolute atomic E-state index is 0.463. The number of benzene rings is 5. The molecule has 0 radical (unpaired) electrons. The molecule has 1 aliphatic heterocycles. The summed E-state index contributed by atoms with van der Waals surface area (Å²) in [5, 5.41) is 0. The van der Waals surface area contributed by atoms with Crippen LogP contribution in [0.1, 0.15) is 0 Å². The summed E-state index contributed by atoms with van der Waals surface area (Å²) in [6.45, 7) is 0. The summed E-state index contributed by atoms with van der Waals surface area (Å²) in [4.78, 5) is 11.9. The van der Waals surface area contributed by atoms with E-state index >= 15 is 0 Å². The molecule has 7 rings (SSSR count). The van der Waals surface area contributed by atoms with Crippen molar-refractivity contribution in [1.82, 2.24) is 9.97 Å². The van der Waals surface area contributed by atoms with Gasteiger partial charge in [0.15, 0.2) is 23.1 Å². The van der Waals surface area contributed by atoms with E-state index in [1.807, 2.05) is 140 Å². The van der Waals surface area contributed by atoms with Gasteiger partial charge in [-0.25, -0.2) is 4.98 Å². The van der Waals surface area contributed by atoms with Crippen LogP contribution in [-0.2, 0) is 0 Å². The van der Waals surface area contributed by atoms with Crippen molar-refractivity contribution in [3.05, 3.63) is 140 Å². The van der Waals surface area contributed by atoms with Crippen LogP contribution in [0, 0.1) is 0 Å². The van der Waals surface area contributed by atoms with E-state index in [9.17, 15) is 0 Å². The number of nitrogens with zero attached hydrogens (tertiary/aromatic N) is 3. The van der Waals surface area contributed by atoms with E-state index in [-0.39, 0.29) is 0 Å². The lowest BCUT2D eigenvalue weighted by molar-refractivity contribution is 0.460. The third-order valence-corrected chi connectivity index (χ3v) is 6.56. The first-order chi connectivity index (χ1) is 19.3. The Morgan fingerprint density at radius 3 is 1.72 bits per heavy atom. The molecule has 39 heavy (non-hydrogen) atoms. The second-order valence-electron chi connectivity index (χ2n) is 9.09. The molecule has 186 valence electrons. The minimum atomic E-state index is 0.463. The first kappa shape index (κ1) is 22.8. The van der Waals surface area contributed by atoms with Gasteiger partial charge in [0.25, 0.3) is 0 Å². The second-order valence-corrected chi connectivity index (χ2v) is 9.09. The van der Waals surface area contributed by atoms with E-state index < -0.39 is 0 Å². The van der Waals surface area contributed by atoms with Crippen molar-refractivity contribution in [1.29, 1.82) is 0 Å². The van der Waals surface area contributed by atoms with E-state index in [0.717, 1.165) is 45.4 Å². The molecule has 0 bridgehead atoms. The highest BCUT2D eigenvalue weighted by Gasteiger charge is 2.27. The Bertz CT molecular complexity index is 1670. The van der Waals surface area contributed by atoms with Crippen LogP contribution >= 0.6 is 0 Å². The molecule has 0 saturated heterocycles. The number of ether oxygens (including phenoxy) is 2. The third-order valence-electron chi connectivity index (χ3n) is 6.56. The van der Waals surface area contributed by atoms with Crippen molar-refractivity contribution < 1.29 is 9.47 Å². The average Bonchev–Trinajstić information content (AvgIpc) is 3.01. The lowest BCUT2D eigenvalue weighted by Crippen LogP contribution is -2.16. The van der Waals surface area contributed by atoms with Gasteiger partial charge < -0.3 is 9.47 Å². The number of hydrogen-bond donors (Lipinski definition) is 0. The van der Waals surface area contributed by atoms with Crippen molar-refractivity contribution in [3.63, 3.8) is 0 Å². The Morgan fingerprint density at radius 2 is 1.05 bits per heavy atom. The van der Waals surface area contributed by atoms with Gasteiger partial charge in [-0.1, -0.05) is 97.1 Å². The fourth-order valence-corrected chi connectivity index (χ4v) is 4.76. The van der Waals surface area contributed by atoms with E-state index in [1.165, 1.54) is 0 Å². The zero-order valence-corrected chi connectivity index (χ0v) is 20.9. The third kappa shape index (κ3) is 4.36. The zero-order chi connectivity index (χ0) is 26.0. The molecule has 0 N–H and O–H groups in total. The van der Waals surface area contributed by atoms with Gasteiger partial charge in [0.1, 0.15) is 0 Å². The van der Waals surface area contributed by atoms with Gasteiger partial charge in [0.05, 0.1) is 22.8 Å². The first-order valence-corrected chi connectivity index (χ1v) is 12.8. The maximum Gasteiger partial charge on any atom is 0.223 e. The Labute approximate surface area is 226 Å². The van der Waals surface area contributed by atoms with Gasteiger partial charge >= 0.3 is 0 Å². The number of hydrogen-bond acceptors (Lipinski definition) is 5. The molecule has 1 aromatic heterocycles. The molecule has 0 atom stereocenters. The Hall–Kier alpha value is -5.42. The number of fused-ring (bicyclic) bond motifs is 2. The van der Waals surface area contributed by atoms with Gasteiger partial charge in [0, 0.05) is 17.2 Å². The predicted molar refractivity (Wildman–Crippen MR) is 154 cm³/mol. The minimum Gasteiger partial charge on any atom is -0.453 e. The summed E-state index contributed by atoms with van der Waals surface area (Å²) in [6.07, 6.45) is 0. The standard InChI is InChI=1S/C34H23N3O2/c1-3-13-24(14-4-1)26-23-33(36-34(35-26)25-15-5-2-6-16-25)39-32-22-12-9-19-29(32)37-27-17-7-10-20-30(27)38-31-21-11-8-18-28(31)37/h1-23H. The van der Waals surface area contributed by atoms with Crippen molar-refractivity contribution in [3.8, 4) is 45.8 Å². The summed E-state index contributed by atoms with van der Waals surface area (Å²) in [5.41, 5.74) is 5.45. The fraction of sp³-hybridized carbons (Fsp3) is 0. The maximum atomic E-state index is 6.58. The van der Waals surface area contributed by atoms with Crippen molar-refractivity contribution in [2.75, 3.05) is 4.90 Å². The summed E-state index contributed by atoms with van der Waals surface area (Å²) in [7, 11) is 0. The lowest BCUT2D eigenvalue weighted by Gasteiger charge is -2.33. The van der Waals surface area contributed by atoms with Crippen LogP contribution in [-0.4, -0.2) is 9.97 Å². The van der Waals surface area contributed by atoms with Crippen molar-refractivity contribution in [2.24, 2.45) is 0 Å². The van der Waals surface area contributed by atoms with Gasteiger partial charge in [-0.05, 0) is 36.4 Å². The van der Waals surface area contributed by atoms with Gasteiger partial charge in [0.2, 0.25) is 5.88 Å². The maximum absolute atomic E-state index is 6.58. The van der Waals surface area contributed by atoms with Crippen LogP contribution in [0.2, 0.25) is 0 Å². The monoisotopic (exact) mass is 505 g/mol. The number of rotatable bonds is 5. The normalized spacial score (nSPS) is 11.7. The highest BCUT2D eigenvalue weighted by molar-refractivity contribution is 5.88. The van der Waals surface area contributed by atoms with E-state index in [0.29, 0.717) is 17.5 Å². The number of anilines is 3. The zero-order valence-electron chi connectivity index (χ0n) is 20.9. The molecule has 6 aromatic rings. The molecule has 5 nitrogen and oxygen atoms in total. The molecule has 0 amide bonds. The summed E-state index contributed by atoms with van der Waals surface area (Å²) >= 11 is 0. The molecule has 2 heterocycles. The highest BCUT2D eigenvalue weighted by Crippen LogP contribution is 2.52. The molecule has 0 fully saturated rings. The van der Waals surface area contributed by atoms with E-state index in [4.69, 9.17) is 19.4 Å². The van der Waals surface area contributed by atoms with Crippen LogP contribution in [0.4, 0.5) is 17.1 Å². The van der Waals surface area contributed by atoms with E-state index in [2.05, 4.69) is 4.90 Å². The molecular formula is C34H23N3O2. The SMILES string of the molecule is c1ccc(-c2cc(Oc3ccccc3N3c4ccccc4Oc4ccccc43)nc(-c3ccccc3)n2)cc1. The number of para-hydroxylation sites is 6. The smallest absolute Gasteiger partial charge is 0.223 e. The van der Waals surface area contributed by atoms with Gasteiger partial charge in [-0.3, -0.25) is 4.90 Å². The van der Waals surface area contributed by atoms with Crippen molar-refractivity contribution >= 4 is 17.1 Å². The van der Waals surface area contributed by atoms with Crippen LogP contribution in [0.5, 0.6) is 23.1 Å². The molecule has 1 aliphatic rings. The van der Waals surface area contributed by atoms with Crippen LogP contribution in [0.3, 0.4) is 0 Å². The Balaban J connectivity index is 1.36. The average molecular weight is 506 g/mol. The highest BCUT2D eigenvalue weighted by atomic mass is 16.5. The lowest BCUT2D eigenvalue weighted by atomic mass is 10.1. The molecule has 0 unspecified atom stereocenters. The van der Waals surface area contributed by atoms with E-state index in [1.54, 1.807) is 0 Å². The van der Waals surface area contributed by atoms with Gasteiger partial charge in [-0.2, -0.15) is 4.98 Å². The van der Waals surface area contributed by atoms with Crippen LogP contribution in [0.25, 0.3) is 22.6 Å². The quantitative estimate of drug-likeness (QED) is 0.233. The molecular weight excluding hydrogens is 482 g/mol. The Kier molecular flexibility index (Phi) is 5.72. The topological polar surface area (TPSA) is 47.5 Å². The summed E-state index contributed by atoms with van der Waals surface area (Å²) in [5.74, 6) is 3.30. The Morgan fingerprint density at radius 1 is 0.513 bits per heavy atom. The first-order valence-electron chi connectivity index (χ1n) is 12.8. The summed E-state index contributed by atoms with van der Waals surface area (Å²) in [6, 6.07) is 45.9. The van der Waals surface area contributed by atoms with Crippen LogP contribution in [0.15, 0.2) is 140 Å². The fourth-order valence-electron chi connectivity index (χ4n) is 4.76. The summed E-state index contributed by atoms with van der Waals surface area (Å²) < 4.78 is 12.8. The molecule has 5 aromatic carbocycles. The van der Waals surface area contributed by atoms with Crippen molar-refractivity contribution in [2.45, 2.75) is 0 Å². The van der Waals surface area contributed by atoms with Crippen LogP contribution < -0.4 is 14.4 Å². The molecule has 0 aliphatic carbocycles. The van der Waals surface area contributed by atoms with Gasteiger partial charge in [-0.15, -0.1) is 0 Å². The molecule has 0 saturated carbocycles. The largest absolute Gasteiger partial charge is 0.453 e. The molecule has 5 heteroatoms. The predicted octanol–water partition coefficient (Wildman–Crippen LogP) is 9.18. The number of aromatic nitrogens is 2. The molecule has 0 spiro atoms.